The van der Waals surface area contributed by atoms with Crippen molar-refractivity contribution in [3.8, 4) is 0 Å². The van der Waals surface area contributed by atoms with Gasteiger partial charge in [0.15, 0.2) is 0 Å². The summed E-state index contributed by atoms with van der Waals surface area (Å²) in [4.78, 5) is 9.35. The lowest BCUT2D eigenvalue weighted by atomic mass is 10.1. The summed E-state index contributed by atoms with van der Waals surface area (Å²) in [5.41, 5.74) is 10.6. The second kappa shape index (κ2) is 5.88. The van der Waals surface area contributed by atoms with E-state index in [-0.39, 0.29) is 0 Å². The average molecular weight is 262 g/mol. The van der Waals surface area contributed by atoms with Crippen LogP contribution in [0.2, 0.25) is 0 Å². The molecule has 2 heterocycles. The van der Waals surface area contributed by atoms with Gasteiger partial charge in [-0.1, -0.05) is 0 Å². The summed E-state index contributed by atoms with van der Waals surface area (Å²) in [6, 6.07) is 2.80. The van der Waals surface area contributed by atoms with Gasteiger partial charge in [0.05, 0.1) is 0 Å². The van der Waals surface area contributed by atoms with Gasteiger partial charge >= 0.3 is 0 Å². The maximum atomic E-state index is 5.94. The fraction of sp³-hybridized carbons (Fsp3) is 0.667. The number of hydrogen-bond donors (Lipinski definition) is 1. The van der Waals surface area contributed by atoms with E-state index in [1.165, 1.54) is 24.1 Å². The molecule has 1 aromatic rings. The van der Waals surface area contributed by atoms with Gasteiger partial charge < -0.3 is 15.5 Å². The Balaban J connectivity index is 2.34. The molecule has 106 valence electrons. The number of hydrogen-bond acceptors (Lipinski definition) is 4. The van der Waals surface area contributed by atoms with Crippen LogP contribution in [0.5, 0.6) is 0 Å². The molecule has 1 aliphatic rings. The van der Waals surface area contributed by atoms with Crippen molar-refractivity contribution >= 4 is 5.69 Å². The Labute approximate surface area is 116 Å². The molecule has 0 spiro atoms. The molecule has 1 atom stereocenters. The standard InChI is InChI=1S/C15H26N4/c1-11-8-15(14(9-16)12(2)17-11)19-7-5-6-13(19)10-18(3)4/h8,13H,5-7,9-10,16H2,1-4H3. The predicted molar refractivity (Wildman–Crippen MR) is 80.5 cm³/mol. The lowest BCUT2D eigenvalue weighted by Crippen LogP contribution is -2.38. The van der Waals surface area contributed by atoms with E-state index < -0.39 is 0 Å². The number of nitrogens with zero attached hydrogens (tertiary/aromatic N) is 3. The monoisotopic (exact) mass is 262 g/mol. The zero-order valence-corrected chi connectivity index (χ0v) is 12.6. The molecule has 1 fully saturated rings. The van der Waals surface area contributed by atoms with E-state index in [0.717, 1.165) is 24.5 Å². The zero-order chi connectivity index (χ0) is 14.0. The van der Waals surface area contributed by atoms with Crippen LogP contribution in [0.15, 0.2) is 6.07 Å². The van der Waals surface area contributed by atoms with Gasteiger partial charge in [-0.15, -0.1) is 0 Å². The number of likely N-dealkylation sites (N-methyl/N-ethyl adjacent to an activating group) is 1. The highest BCUT2D eigenvalue weighted by Crippen LogP contribution is 2.30. The van der Waals surface area contributed by atoms with Crippen molar-refractivity contribution < 1.29 is 0 Å². The molecule has 0 amide bonds. The van der Waals surface area contributed by atoms with Crippen LogP contribution in [0.3, 0.4) is 0 Å². The molecule has 0 aliphatic carbocycles. The van der Waals surface area contributed by atoms with Crippen LogP contribution in [-0.2, 0) is 6.54 Å². The summed E-state index contributed by atoms with van der Waals surface area (Å²) >= 11 is 0. The van der Waals surface area contributed by atoms with Gasteiger partial charge in [-0.3, -0.25) is 4.98 Å². The molecule has 1 aliphatic heterocycles. The molecule has 0 radical (unpaired) electrons. The van der Waals surface area contributed by atoms with E-state index in [4.69, 9.17) is 5.73 Å². The molecular formula is C15H26N4. The van der Waals surface area contributed by atoms with Crippen LogP contribution >= 0.6 is 0 Å². The van der Waals surface area contributed by atoms with Crippen LogP contribution in [0.4, 0.5) is 5.69 Å². The second-order valence-corrected chi connectivity index (χ2v) is 5.80. The van der Waals surface area contributed by atoms with Crippen molar-refractivity contribution in [2.24, 2.45) is 5.73 Å². The summed E-state index contributed by atoms with van der Waals surface area (Å²) in [7, 11) is 4.28. The van der Waals surface area contributed by atoms with Crippen LogP contribution < -0.4 is 10.6 Å². The van der Waals surface area contributed by atoms with Crippen molar-refractivity contribution in [3.05, 3.63) is 23.0 Å². The summed E-state index contributed by atoms with van der Waals surface area (Å²) in [5, 5.41) is 0. The minimum absolute atomic E-state index is 0.569. The first kappa shape index (κ1) is 14.3. The third kappa shape index (κ3) is 3.07. The van der Waals surface area contributed by atoms with Crippen LogP contribution in [-0.4, -0.2) is 43.1 Å². The number of aryl methyl sites for hydroxylation is 2. The highest BCUT2D eigenvalue weighted by atomic mass is 15.2. The topological polar surface area (TPSA) is 45.4 Å². The molecule has 2 rings (SSSR count). The van der Waals surface area contributed by atoms with Gasteiger partial charge in [-0.05, 0) is 46.9 Å². The van der Waals surface area contributed by atoms with Gasteiger partial charge in [0.2, 0.25) is 0 Å². The first-order valence-corrected chi connectivity index (χ1v) is 7.11. The number of nitrogens with two attached hydrogens (primary N) is 1. The number of anilines is 1. The minimum Gasteiger partial charge on any atom is -0.367 e. The molecular weight excluding hydrogens is 236 g/mol. The van der Waals surface area contributed by atoms with Crippen molar-refractivity contribution in [2.75, 3.05) is 32.1 Å². The highest BCUT2D eigenvalue weighted by molar-refractivity contribution is 5.57. The summed E-state index contributed by atoms with van der Waals surface area (Å²) in [6.45, 7) is 6.93. The maximum Gasteiger partial charge on any atom is 0.0451 e. The SMILES string of the molecule is Cc1cc(N2CCCC2CN(C)C)c(CN)c(C)n1. The molecule has 4 heteroatoms. The largest absolute Gasteiger partial charge is 0.367 e. The lowest BCUT2D eigenvalue weighted by molar-refractivity contribution is 0.372. The Morgan fingerprint density at radius 2 is 2.16 bits per heavy atom. The third-order valence-electron chi connectivity index (χ3n) is 3.90. The van der Waals surface area contributed by atoms with Crippen LogP contribution in [0.1, 0.15) is 29.8 Å². The van der Waals surface area contributed by atoms with E-state index in [1.54, 1.807) is 0 Å². The lowest BCUT2D eigenvalue weighted by Gasteiger charge is -2.31. The minimum atomic E-state index is 0.569. The number of pyridine rings is 1. The number of rotatable bonds is 4. The Bertz CT molecular complexity index is 442. The number of aromatic nitrogens is 1. The second-order valence-electron chi connectivity index (χ2n) is 5.80. The molecule has 19 heavy (non-hydrogen) atoms. The first-order chi connectivity index (χ1) is 9.02. The Kier molecular flexibility index (Phi) is 4.42. The van der Waals surface area contributed by atoms with E-state index in [0.29, 0.717) is 12.6 Å². The van der Waals surface area contributed by atoms with Crippen molar-refractivity contribution in [3.63, 3.8) is 0 Å². The molecule has 2 N–H and O–H groups in total. The van der Waals surface area contributed by atoms with E-state index >= 15 is 0 Å². The van der Waals surface area contributed by atoms with E-state index in [9.17, 15) is 0 Å². The predicted octanol–water partition coefficient (Wildman–Crippen LogP) is 1.69. The van der Waals surface area contributed by atoms with Crippen LogP contribution in [0, 0.1) is 13.8 Å². The van der Waals surface area contributed by atoms with Gasteiger partial charge in [-0.25, -0.2) is 0 Å². The van der Waals surface area contributed by atoms with Gasteiger partial charge in [0.25, 0.3) is 0 Å². The molecule has 0 saturated carbocycles. The molecule has 1 aromatic heterocycles. The highest BCUT2D eigenvalue weighted by Gasteiger charge is 2.27. The summed E-state index contributed by atoms with van der Waals surface area (Å²) in [5.74, 6) is 0. The fourth-order valence-electron chi connectivity index (χ4n) is 3.11. The quantitative estimate of drug-likeness (QED) is 0.897. The molecule has 4 nitrogen and oxygen atoms in total. The van der Waals surface area contributed by atoms with Gasteiger partial charge in [0.1, 0.15) is 0 Å². The zero-order valence-electron chi connectivity index (χ0n) is 12.6. The van der Waals surface area contributed by atoms with E-state index in [2.05, 4.69) is 48.8 Å². The molecule has 0 bridgehead atoms. The molecule has 1 unspecified atom stereocenters. The maximum absolute atomic E-state index is 5.94. The van der Waals surface area contributed by atoms with Crippen molar-refractivity contribution in [2.45, 2.75) is 39.3 Å². The Morgan fingerprint density at radius 3 is 2.79 bits per heavy atom. The first-order valence-electron chi connectivity index (χ1n) is 7.11. The van der Waals surface area contributed by atoms with E-state index in [1.807, 2.05) is 0 Å². The van der Waals surface area contributed by atoms with Crippen LogP contribution in [0.25, 0.3) is 0 Å². The van der Waals surface area contributed by atoms with Gasteiger partial charge in [0, 0.05) is 48.3 Å². The average Bonchev–Trinajstić information content (AvgIpc) is 2.75. The normalized spacial score (nSPS) is 19.5. The van der Waals surface area contributed by atoms with Crippen molar-refractivity contribution in [1.29, 1.82) is 0 Å². The Morgan fingerprint density at radius 1 is 1.42 bits per heavy atom. The fourth-order valence-corrected chi connectivity index (χ4v) is 3.11. The smallest absolute Gasteiger partial charge is 0.0451 e. The molecule has 1 saturated heterocycles. The van der Waals surface area contributed by atoms with Gasteiger partial charge in [-0.2, -0.15) is 0 Å². The Hall–Kier alpha value is -1.13. The van der Waals surface area contributed by atoms with Crippen molar-refractivity contribution in [1.82, 2.24) is 9.88 Å². The molecule has 0 aromatic carbocycles. The summed E-state index contributed by atoms with van der Waals surface area (Å²) in [6.07, 6.45) is 2.53. The summed E-state index contributed by atoms with van der Waals surface area (Å²) < 4.78 is 0. The third-order valence-corrected chi connectivity index (χ3v) is 3.90.